The lowest BCUT2D eigenvalue weighted by Crippen LogP contribution is -2.27. The highest BCUT2D eigenvalue weighted by Crippen LogP contribution is 1.94. The second-order valence-electron chi connectivity index (χ2n) is 3.27. The van der Waals surface area contributed by atoms with Crippen LogP contribution >= 0.6 is 0 Å². The number of nitrogens with one attached hydrogen (secondary N) is 1. The maximum absolute atomic E-state index is 11.3. The Morgan fingerprint density at radius 2 is 2.07 bits per heavy atom. The van der Waals surface area contributed by atoms with Crippen molar-refractivity contribution in [2.24, 2.45) is 5.14 Å². The molecule has 0 aromatic heterocycles. The third-order valence-corrected chi connectivity index (χ3v) is 2.62. The molecule has 0 aliphatic heterocycles. The normalized spacial score (nSPS) is 12.6. The highest BCUT2D eigenvalue weighted by Gasteiger charge is 2.04. The number of carbonyl (C=O) groups is 1. The maximum Gasteiger partial charge on any atom is 0.246 e. The minimum absolute atomic E-state index is 0.107. The van der Waals surface area contributed by atoms with Gasteiger partial charge in [-0.05, 0) is 19.8 Å². The molecule has 0 saturated heterocycles. The molecule has 0 spiro atoms. The van der Waals surface area contributed by atoms with E-state index in [0.717, 1.165) is 6.42 Å². The van der Waals surface area contributed by atoms with Gasteiger partial charge in [0, 0.05) is 12.1 Å². The first kappa shape index (κ1) is 14.1. The van der Waals surface area contributed by atoms with E-state index in [2.05, 4.69) is 5.32 Å². The van der Waals surface area contributed by atoms with Gasteiger partial charge in [0.05, 0.1) is 5.75 Å². The van der Waals surface area contributed by atoms with E-state index in [4.69, 9.17) is 5.14 Å². The summed E-state index contributed by atoms with van der Waals surface area (Å²) in [5.74, 6) is -0.268. The van der Waals surface area contributed by atoms with Crippen LogP contribution in [0.1, 0.15) is 26.7 Å². The molecular formula is C9H18N2O3S. The van der Waals surface area contributed by atoms with Crippen molar-refractivity contribution in [1.29, 1.82) is 0 Å². The number of amides is 1. The van der Waals surface area contributed by atoms with Crippen molar-refractivity contribution in [3.63, 3.8) is 0 Å². The Labute approximate surface area is 90.8 Å². The molecule has 3 N–H and O–H groups in total. The van der Waals surface area contributed by atoms with Gasteiger partial charge in [-0.3, -0.25) is 4.79 Å². The maximum atomic E-state index is 11.3. The van der Waals surface area contributed by atoms with Crippen LogP contribution in [0.5, 0.6) is 0 Å². The molecule has 0 radical (unpaired) electrons. The molecule has 0 fully saturated rings. The zero-order valence-electron chi connectivity index (χ0n) is 9.12. The van der Waals surface area contributed by atoms with Crippen LogP contribution < -0.4 is 10.5 Å². The molecule has 0 aliphatic carbocycles. The lowest BCUT2D eigenvalue weighted by atomic mass is 10.2. The van der Waals surface area contributed by atoms with Crippen molar-refractivity contribution in [2.45, 2.75) is 26.7 Å². The topological polar surface area (TPSA) is 89.3 Å². The number of allylic oxidation sites excluding steroid dienone is 1. The summed E-state index contributed by atoms with van der Waals surface area (Å²) in [6.07, 6.45) is 2.95. The van der Waals surface area contributed by atoms with Gasteiger partial charge in [-0.15, -0.1) is 0 Å². The van der Waals surface area contributed by atoms with Gasteiger partial charge < -0.3 is 5.32 Å². The summed E-state index contributed by atoms with van der Waals surface area (Å²) in [6, 6.07) is 0. The molecule has 0 aromatic carbocycles. The first-order chi connectivity index (χ1) is 6.87. The van der Waals surface area contributed by atoms with Gasteiger partial charge in [0.2, 0.25) is 15.9 Å². The monoisotopic (exact) mass is 234 g/mol. The number of sulfonamides is 1. The van der Waals surface area contributed by atoms with Gasteiger partial charge in [-0.25, -0.2) is 13.6 Å². The molecule has 6 heteroatoms. The largest absolute Gasteiger partial charge is 0.352 e. The number of nitrogens with two attached hydrogens (primary N) is 1. The summed E-state index contributed by atoms with van der Waals surface area (Å²) >= 11 is 0. The molecule has 0 saturated carbocycles. The van der Waals surface area contributed by atoms with Crippen LogP contribution in [0, 0.1) is 0 Å². The van der Waals surface area contributed by atoms with Crippen molar-refractivity contribution in [1.82, 2.24) is 5.32 Å². The summed E-state index contributed by atoms with van der Waals surface area (Å²) in [7, 11) is -3.42. The quantitative estimate of drug-likeness (QED) is 0.506. The fraction of sp³-hybridized carbons (Fsp3) is 0.667. The molecule has 0 atom stereocenters. The number of rotatable bonds is 6. The Morgan fingerprint density at radius 3 is 2.53 bits per heavy atom. The van der Waals surface area contributed by atoms with E-state index >= 15 is 0 Å². The zero-order chi connectivity index (χ0) is 11.9. The van der Waals surface area contributed by atoms with E-state index in [1.54, 1.807) is 6.92 Å². The summed E-state index contributed by atoms with van der Waals surface area (Å²) < 4.78 is 21.1. The summed E-state index contributed by atoms with van der Waals surface area (Å²) in [4.78, 5) is 11.3. The molecule has 88 valence electrons. The summed E-state index contributed by atoms with van der Waals surface area (Å²) in [5.41, 5.74) is 0.646. The Morgan fingerprint density at radius 1 is 1.47 bits per heavy atom. The average Bonchev–Trinajstić information content (AvgIpc) is 2.11. The van der Waals surface area contributed by atoms with Gasteiger partial charge >= 0.3 is 0 Å². The van der Waals surface area contributed by atoms with Crippen LogP contribution in [0.3, 0.4) is 0 Å². The predicted octanol–water partition coefficient (Wildman–Crippen LogP) is 0.138. The molecule has 15 heavy (non-hydrogen) atoms. The predicted molar refractivity (Wildman–Crippen MR) is 59.6 cm³/mol. The molecule has 0 heterocycles. The molecule has 0 aromatic rings. The van der Waals surface area contributed by atoms with Crippen LogP contribution in [0.4, 0.5) is 0 Å². The average molecular weight is 234 g/mol. The lowest BCUT2D eigenvalue weighted by Gasteiger charge is -2.04. The second-order valence-corrected chi connectivity index (χ2v) is 5.01. The van der Waals surface area contributed by atoms with Crippen molar-refractivity contribution < 1.29 is 13.2 Å². The van der Waals surface area contributed by atoms with Gasteiger partial charge in [0.1, 0.15) is 0 Å². The van der Waals surface area contributed by atoms with Gasteiger partial charge in [-0.1, -0.05) is 13.0 Å². The number of carbonyl (C=O) groups excluding carboxylic acids is 1. The van der Waals surface area contributed by atoms with E-state index in [-0.39, 0.29) is 11.7 Å². The van der Waals surface area contributed by atoms with E-state index in [0.29, 0.717) is 18.5 Å². The lowest BCUT2D eigenvalue weighted by molar-refractivity contribution is -0.117. The fourth-order valence-electron chi connectivity index (χ4n) is 1.01. The molecule has 0 aliphatic rings. The SMILES string of the molecule is CC/C=C(/C)C(=O)NCCCS(N)(=O)=O. The molecule has 0 rings (SSSR count). The van der Waals surface area contributed by atoms with E-state index in [1.165, 1.54) is 0 Å². The Hall–Kier alpha value is -0.880. The van der Waals surface area contributed by atoms with Crippen LogP contribution in [-0.4, -0.2) is 26.6 Å². The zero-order valence-corrected chi connectivity index (χ0v) is 9.93. The van der Waals surface area contributed by atoms with Gasteiger partial charge in [0.25, 0.3) is 0 Å². The van der Waals surface area contributed by atoms with Crippen molar-refractivity contribution in [3.8, 4) is 0 Å². The van der Waals surface area contributed by atoms with E-state index < -0.39 is 10.0 Å². The number of hydrogen-bond acceptors (Lipinski definition) is 3. The molecule has 5 nitrogen and oxygen atoms in total. The Kier molecular flexibility index (Phi) is 6.19. The van der Waals surface area contributed by atoms with Gasteiger partial charge in [0.15, 0.2) is 0 Å². The first-order valence-corrected chi connectivity index (χ1v) is 6.53. The summed E-state index contributed by atoms with van der Waals surface area (Å²) in [6.45, 7) is 3.99. The smallest absolute Gasteiger partial charge is 0.246 e. The van der Waals surface area contributed by atoms with E-state index in [9.17, 15) is 13.2 Å². The Bertz CT molecular complexity index is 333. The standard InChI is InChI=1S/C9H18N2O3S/c1-3-5-8(2)9(12)11-6-4-7-15(10,13)14/h5H,3-4,6-7H2,1-2H3,(H,11,12)(H2,10,13,14)/b8-5-. The third kappa shape index (κ3) is 8.14. The molecule has 0 unspecified atom stereocenters. The number of hydrogen-bond donors (Lipinski definition) is 2. The van der Waals surface area contributed by atoms with Crippen LogP contribution in [0.2, 0.25) is 0 Å². The fourth-order valence-corrected chi connectivity index (χ4v) is 1.56. The molecule has 1 amide bonds. The molecular weight excluding hydrogens is 216 g/mol. The highest BCUT2D eigenvalue weighted by molar-refractivity contribution is 7.89. The third-order valence-electron chi connectivity index (χ3n) is 1.76. The number of primary sulfonamides is 1. The summed E-state index contributed by atoms with van der Waals surface area (Å²) in [5, 5.41) is 7.42. The van der Waals surface area contributed by atoms with Gasteiger partial charge in [-0.2, -0.15) is 0 Å². The first-order valence-electron chi connectivity index (χ1n) is 4.82. The van der Waals surface area contributed by atoms with Crippen molar-refractivity contribution in [2.75, 3.05) is 12.3 Å². The Balaban J connectivity index is 3.79. The highest BCUT2D eigenvalue weighted by atomic mass is 32.2. The van der Waals surface area contributed by atoms with Crippen LogP contribution in [0.15, 0.2) is 11.6 Å². The minimum atomic E-state index is -3.42. The van der Waals surface area contributed by atoms with E-state index in [1.807, 2.05) is 13.0 Å². The molecule has 0 bridgehead atoms. The van der Waals surface area contributed by atoms with Crippen LogP contribution in [0.25, 0.3) is 0 Å². The van der Waals surface area contributed by atoms with Crippen molar-refractivity contribution >= 4 is 15.9 Å². The second kappa shape index (κ2) is 6.58. The van der Waals surface area contributed by atoms with Crippen molar-refractivity contribution in [3.05, 3.63) is 11.6 Å². The van der Waals surface area contributed by atoms with Crippen LogP contribution in [-0.2, 0) is 14.8 Å². The minimum Gasteiger partial charge on any atom is -0.352 e.